The normalized spacial score (nSPS) is 18.9. The van der Waals surface area contributed by atoms with Crippen molar-refractivity contribution in [2.45, 2.75) is 25.6 Å². The second-order valence-corrected chi connectivity index (χ2v) is 3.02. The molecule has 0 fully saturated rings. The summed E-state index contributed by atoms with van der Waals surface area (Å²) in [5.41, 5.74) is 0.630. The molecular weight excluding hydrogens is 184 g/mol. The van der Waals surface area contributed by atoms with Gasteiger partial charge in [0.2, 0.25) is 0 Å². The van der Waals surface area contributed by atoms with Gasteiger partial charge in [0.05, 0.1) is 6.61 Å². The van der Waals surface area contributed by atoms with Crippen LogP contribution in [0.5, 0.6) is 0 Å². The topological polar surface area (TPSA) is 66.8 Å². The molecular formula is C10H14O4. The van der Waals surface area contributed by atoms with Crippen LogP contribution in [0.1, 0.15) is 13.3 Å². The molecule has 2 N–H and O–H groups in total. The van der Waals surface area contributed by atoms with Crippen molar-refractivity contribution in [3.05, 3.63) is 23.8 Å². The SMILES string of the molecule is CCOC(=O)[C@@H](O)[C@H](O)C1=CC=CC1. The summed E-state index contributed by atoms with van der Waals surface area (Å²) in [5, 5.41) is 18.9. The molecule has 14 heavy (non-hydrogen) atoms. The molecule has 1 rings (SSSR count). The molecule has 0 aromatic heterocycles. The minimum atomic E-state index is -1.49. The van der Waals surface area contributed by atoms with Gasteiger partial charge in [0.1, 0.15) is 6.10 Å². The molecule has 1 aliphatic carbocycles. The van der Waals surface area contributed by atoms with Crippen LogP contribution in [0, 0.1) is 0 Å². The summed E-state index contributed by atoms with van der Waals surface area (Å²) in [6.45, 7) is 1.84. The lowest BCUT2D eigenvalue weighted by atomic mass is 10.0. The molecule has 0 heterocycles. The highest BCUT2D eigenvalue weighted by Crippen LogP contribution is 2.17. The second kappa shape index (κ2) is 4.93. The molecule has 0 aromatic rings. The van der Waals surface area contributed by atoms with Gasteiger partial charge in [0.25, 0.3) is 0 Å². The Kier molecular flexibility index (Phi) is 3.85. The van der Waals surface area contributed by atoms with Crippen LogP contribution < -0.4 is 0 Å². The van der Waals surface area contributed by atoms with Crippen LogP contribution in [-0.4, -0.2) is 35.0 Å². The Balaban J connectivity index is 2.51. The molecule has 0 saturated carbocycles. The molecule has 4 nitrogen and oxygen atoms in total. The van der Waals surface area contributed by atoms with Crippen molar-refractivity contribution in [2.75, 3.05) is 6.61 Å². The minimum Gasteiger partial charge on any atom is -0.464 e. The third kappa shape index (κ3) is 2.43. The predicted molar refractivity (Wildman–Crippen MR) is 50.5 cm³/mol. The van der Waals surface area contributed by atoms with Gasteiger partial charge in [-0.3, -0.25) is 0 Å². The molecule has 0 aliphatic heterocycles. The number of aliphatic hydroxyl groups is 2. The zero-order chi connectivity index (χ0) is 10.6. The number of rotatable bonds is 4. The number of hydrogen-bond acceptors (Lipinski definition) is 4. The summed E-state index contributed by atoms with van der Waals surface area (Å²) >= 11 is 0. The van der Waals surface area contributed by atoms with Crippen molar-refractivity contribution in [3.8, 4) is 0 Å². The molecule has 0 spiro atoms. The monoisotopic (exact) mass is 198 g/mol. The number of carbonyl (C=O) groups is 1. The standard InChI is InChI=1S/C10H14O4/c1-2-14-10(13)9(12)8(11)7-5-3-4-6-7/h3-5,8-9,11-12H,2,6H2,1H3/t8-,9+/m1/s1. The number of ether oxygens (including phenoxy) is 1. The van der Waals surface area contributed by atoms with Crippen molar-refractivity contribution in [3.63, 3.8) is 0 Å². The van der Waals surface area contributed by atoms with E-state index in [4.69, 9.17) is 0 Å². The van der Waals surface area contributed by atoms with E-state index in [-0.39, 0.29) is 6.61 Å². The van der Waals surface area contributed by atoms with E-state index in [1.54, 1.807) is 19.1 Å². The molecule has 2 atom stereocenters. The van der Waals surface area contributed by atoms with Gasteiger partial charge in [-0.05, 0) is 18.9 Å². The van der Waals surface area contributed by atoms with Crippen molar-refractivity contribution < 1.29 is 19.7 Å². The Bertz CT molecular complexity index is 267. The highest BCUT2D eigenvalue weighted by Gasteiger charge is 2.28. The van der Waals surface area contributed by atoms with Gasteiger partial charge in [-0.1, -0.05) is 18.2 Å². The van der Waals surface area contributed by atoms with Crippen molar-refractivity contribution >= 4 is 5.97 Å². The number of esters is 1. The van der Waals surface area contributed by atoms with Crippen LogP contribution in [0.15, 0.2) is 23.8 Å². The average Bonchev–Trinajstić information content (AvgIpc) is 2.68. The van der Waals surface area contributed by atoms with Crippen LogP contribution in [0.4, 0.5) is 0 Å². The van der Waals surface area contributed by atoms with Crippen LogP contribution in [0.25, 0.3) is 0 Å². The van der Waals surface area contributed by atoms with Gasteiger partial charge in [0.15, 0.2) is 6.10 Å². The molecule has 4 heteroatoms. The van der Waals surface area contributed by atoms with Crippen molar-refractivity contribution in [1.82, 2.24) is 0 Å². The van der Waals surface area contributed by atoms with Crippen LogP contribution in [0.2, 0.25) is 0 Å². The van der Waals surface area contributed by atoms with E-state index in [0.29, 0.717) is 12.0 Å². The third-order valence-corrected chi connectivity index (χ3v) is 2.01. The first-order chi connectivity index (χ1) is 6.66. The fourth-order valence-electron chi connectivity index (χ4n) is 1.24. The summed E-state index contributed by atoms with van der Waals surface area (Å²) in [7, 11) is 0. The largest absolute Gasteiger partial charge is 0.464 e. The van der Waals surface area contributed by atoms with Crippen LogP contribution >= 0.6 is 0 Å². The summed E-state index contributed by atoms with van der Waals surface area (Å²) in [6, 6.07) is 0. The van der Waals surface area contributed by atoms with Crippen molar-refractivity contribution in [2.24, 2.45) is 0 Å². The quantitative estimate of drug-likeness (QED) is 0.631. The third-order valence-electron chi connectivity index (χ3n) is 2.01. The van der Waals surface area contributed by atoms with Gasteiger partial charge in [-0.2, -0.15) is 0 Å². The van der Waals surface area contributed by atoms with E-state index in [0.717, 1.165) is 0 Å². The lowest BCUT2D eigenvalue weighted by Crippen LogP contribution is -2.36. The van der Waals surface area contributed by atoms with Gasteiger partial charge >= 0.3 is 5.97 Å². The molecule has 78 valence electrons. The van der Waals surface area contributed by atoms with E-state index < -0.39 is 18.2 Å². The highest BCUT2D eigenvalue weighted by molar-refractivity contribution is 5.75. The number of carbonyl (C=O) groups excluding carboxylic acids is 1. The average molecular weight is 198 g/mol. The van der Waals surface area contributed by atoms with E-state index in [1.165, 1.54) is 0 Å². The van der Waals surface area contributed by atoms with Gasteiger partial charge < -0.3 is 14.9 Å². The van der Waals surface area contributed by atoms with Crippen LogP contribution in [0.3, 0.4) is 0 Å². The molecule has 0 amide bonds. The minimum absolute atomic E-state index is 0.194. The molecule has 0 saturated heterocycles. The zero-order valence-corrected chi connectivity index (χ0v) is 8.01. The first-order valence-corrected chi connectivity index (χ1v) is 4.55. The van der Waals surface area contributed by atoms with E-state index >= 15 is 0 Å². The van der Waals surface area contributed by atoms with Gasteiger partial charge in [-0.25, -0.2) is 4.79 Å². The lowest BCUT2D eigenvalue weighted by molar-refractivity contribution is -0.157. The van der Waals surface area contributed by atoms with E-state index in [2.05, 4.69) is 4.74 Å². The predicted octanol–water partition coefficient (Wildman–Crippen LogP) is 0.158. The molecule has 0 aromatic carbocycles. The lowest BCUT2D eigenvalue weighted by Gasteiger charge is -2.17. The molecule has 0 radical (unpaired) electrons. The van der Waals surface area contributed by atoms with E-state index in [9.17, 15) is 15.0 Å². The summed E-state index contributed by atoms with van der Waals surface area (Å²) in [4.78, 5) is 11.1. The van der Waals surface area contributed by atoms with Crippen molar-refractivity contribution in [1.29, 1.82) is 0 Å². The van der Waals surface area contributed by atoms with Gasteiger partial charge in [-0.15, -0.1) is 0 Å². The number of aliphatic hydroxyl groups excluding tert-OH is 2. The maximum Gasteiger partial charge on any atom is 0.338 e. The smallest absolute Gasteiger partial charge is 0.338 e. The Hall–Kier alpha value is -1.13. The number of allylic oxidation sites excluding steroid dienone is 3. The summed E-state index contributed by atoms with van der Waals surface area (Å²) in [5.74, 6) is -0.784. The molecule has 1 aliphatic rings. The maximum absolute atomic E-state index is 11.1. The van der Waals surface area contributed by atoms with Crippen LogP contribution in [-0.2, 0) is 9.53 Å². The van der Waals surface area contributed by atoms with E-state index in [1.807, 2.05) is 6.08 Å². The maximum atomic E-state index is 11.1. The fourth-order valence-corrected chi connectivity index (χ4v) is 1.24. The zero-order valence-electron chi connectivity index (χ0n) is 8.01. The molecule has 0 bridgehead atoms. The summed E-state index contributed by atoms with van der Waals surface area (Å²) < 4.78 is 4.59. The number of hydrogen-bond donors (Lipinski definition) is 2. The molecule has 0 unspecified atom stereocenters. The highest BCUT2D eigenvalue weighted by atomic mass is 16.5. The fraction of sp³-hybridized carbons (Fsp3) is 0.500. The Morgan fingerprint density at radius 1 is 1.64 bits per heavy atom. The Morgan fingerprint density at radius 2 is 2.36 bits per heavy atom. The Labute approximate surface area is 82.5 Å². The second-order valence-electron chi connectivity index (χ2n) is 3.02. The van der Waals surface area contributed by atoms with Gasteiger partial charge in [0, 0.05) is 0 Å². The first-order valence-electron chi connectivity index (χ1n) is 4.55. The first kappa shape index (κ1) is 10.9. The Morgan fingerprint density at radius 3 is 2.86 bits per heavy atom. The summed E-state index contributed by atoms with van der Waals surface area (Å²) in [6.07, 6.45) is 3.22.